The first kappa shape index (κ1) is 15.1. The van der Waals surface area contributed by atoms with E-state index in [0.717, 1.165) is 24.2 Å². The van der Waals surface area contributed by atoms with E-state index in [1.807, 2.05) is 30.3 Å². The van der Waals surface area contributed by atoms with Gasteiger partial charge in [0.1, 0.15) is 12.4 Å². The number of amides is 1. The summed E-state index contributed by atoms with van der Waals surface area (Å²) in [4.78, 5) is 16.0. The van der Waals surface area contributed by atoms with Crippen LogP contribution >= 0.6 is 0 Å². The maximum Gasteiger partial charge on any atom is 0.426 e. The Morgan fingerprint density at radius 1 is 1.33 bits per heavy atom. The normalized spacial score (nSPS) is 10.6. The number of nitrogens with one attached hydrogen (secondary N) is 1. The predicted octanol–water partition coefficient (Wildman–Crippen LogP) is 3.35. The lowest BCUT2D eigenvalue weighted by molar-refractivity contribution is 0.151. The Balaban J connectivity index is 1.84. The first-order valence-corrected chi connectivity index (χ1v) is 7.15. The number of rotatable bonds is 6. The fraction of sp³-hybridized carbons (Fsp3) is 0.375. The van der Waals surface area contributed by atoms with E-state index in [0.29, 0.717) is 5.92 Å². The van der Waals surface area contributed by atoms with Gasteiger partial charge in [0.05, 0.1) is 0 Å². The fourth-order valence-corrected chi connectivity index (χ4v) is 1.89. The van der Waals surface area contributed by atoms with E-state index in [9.17, 15) is 4.79 Å². The number of hydrogen-bond acceptors (Lipinski definition) is 3. The van der Waals surface area contributed by atoms with Crippen LogP contribution in [-0.2, 0) is 17.8 Å². The fourth-order valence-electron chi connectivity index (χ4n) is 1.89. The number of benzene rings is 1. The van der Waals surface area contributed by atoms with Gasteiger partial charge in [-0.05, 0) is 17.9 Å². The summed E-state index contributed by atoms with van der Waals surface area (Å²) in [5.41, 5.74) is 3.63. The van der Waals surface area contributed by atoms with Crippen molar-refractivity contribution in [3.63, 3.8) is 0 Å². The molecule has 21 heavy (non-hydrogen) atoms. The second-order valence-corrected chi connectivity index (χ2v) is 5.32. The van der Waals surface area contributed by atoms with Crippen LogP contribution in [0.5, 0.6) is 0 Å². The van der Waals surface area contributed by atoms with Crippen molar-refractivity contribution < 1.29 is 9.53 Å². The summed E-state index contributed by atoms with van der Waals surface area (Å²) in [5.74, 6) is 1.43. The highest BCUT2D eigenvalue weighted by Crippen LogP contribution is 2.07. The van der Waals surface area contributed by atoms with Crippen molar-refractivity contribution in [2.45, 2.75) is 33.3 Å². The van der Waals surface area contributed by atoms with Crippen molar-refractivity contribution in [3.8, 4) is 0 Å². The zero-order valence-corrected chi connectivity index (χ0v) is 12.5. The second kappa shape index (κ2) is 7.47. The summed E-state index contributed by atoms with van der Waals surface area (Å²) in [6.07, 6.45) is 4.76. The Bertz CT molecular complexity index is 564. The monoisotopic (exact) mass is 287 g/mol. The summed E-state index contributed by atoms with van der Waals surface area (Å²) in [6.45, 7) is 4.58. The van der Waals surface area contributed by atoms with Crippen LogP contribution in [0.4, 0.5) is 4.79 Å². The molecule has 1 N–H and O–H groups in total. The summed E-state index contributed by atoms with van der Waals surface area (Å²) < 4.78 is 6.80. The molecule has 0 aliphatic carbocycles. The number of aromatic nitrogens is 2. The molecule has 0 saturated carbocycles. The van der Waals surface area contributed by atoms with Gasteiger partial charge in [0, 0.05) is 18.8 Å². The van der Waals surface area contributed by atoms with Crippen molar-refractivity contribution in [3.05, 3.63) is 54.1 Å². The van der Waals surface area contributed by atoms with E-state index in [2.05, 4.69) is 24.3 Å². The third-order valence-corrected chi connectivity index (χ3v) is 3.09. The zero-order valence-electron chi connectivity index (χ0n) is 12.5. The maximum atomic E-state index is 11.8. The third-order valence-electron chi connectivity index (χ3n) is 3.09. The molecule has 5 heteroatoms. The van der Waals surface area contributed by atoms with Gasteiger partial charge < -0.3 is 4.74 Å². The van der Waals surface area contributed by atoms with E-state index in [1.165, 1.54) is 0 Å². The van der Waals surface area contributed by atoms with Crippen LogP contribution in [0.1, 0.15) is 31.7 Å². The van der Waals surface area contributed by atoms with Gasteiger partial charge >= 0.3 is 6.09 Å². The van der Waals surface area contributed by atoms with E-state index in [4.69, 9.17) is 4.74 Å². The van der Waals surface area contributed by atoms with E-state index in [-0.39, 0.29) is 6.61 Å². The molecule has 2 rings (SSSR count). The standard InChI is InChI=1S/C16H21N3O2/c1-13(2)8-9-15-17-10-11-19(15)18-16(20)21-12-14-6-4-3-5-7-14/h3-7,10-11,13H,8-9,12H2,1-2H3,(H,18,20). The molecule has 0 radical (unpaired) electrons. The van der Waals surface area contributed by atoms with E-state index in [1.54, 1.807) is 17.1 Å². The lowest BCUT2D eigenvalue weighted by atomic mass is 10.1. The van der Waals surface area contributed by atoms with Gasteiger partial charge in [-0.15, -0.1) is 0 Å². The molecular formula is C16H21N3O2. The third kappa shape index (κ3) is 4.95. The number of carbonyl (C=O) groups excluding carboxylic acids is 1. The van der Waals surface area contributed by atoms with Crippen molar-refractivity contribution in [2.24, 2.45) is 5.92 Å². The average Bonchev–Trinajstić information content (AvgIpc) is 2.91. The minimum atomic E-state index is -0.484. The molecule has 0 saturated heterocycles. The van der Waals surface area contributed by atoms with E-state index >= 15 is 0 Å². The number of imidazole rings is 1. The van der Waals surface area contributed by atoms with Gasteiger partial charge in [0.15, 0.2) is 0 Å². The van der Waals surface area contributed by atoms with Crippen LogP contribution < -0.4 is 5.43 Å². The Morgan fingerprint density at radius 2 is 2.10 bits per heavy atom. The quantitative estimate of drug-likeness (QED) is 0.886. The molecule has 1 heterocycles. The molecule has 0 aliphatic heterocycles. The van der Waals surface area contributed by atoms with Crippen LogP contribution in [0.3, 0.4) is 0 Å². The van der Waals surface area contributed by atoms with Crippen molar-refractivity contribution in [1.82, 2.24) is 9.66 Å². The number of hydrogen-bond donors (Lipinski definition) is 1. The van der Waals surface area contributed by atoms with Gasteiger partial charge in [-0.1, -0.05) is 44.2 Å². The number of nitrogens with zero attached hydrogens (tertiary/aromatic N) is 2. The highest BCUT2D eigenvalue weighted by atomic mass is 16.6. The first-order valence-electron chi connectivity index (χ1n) is 7.15. The minimum absolute atomic E-state index is 0.253. The summed E-state index contributed by atoms with van der Waals surface area (Å²) in [7, 11) is 0. The van der Waals surface area contributed by atoms with E-state index < -0.39 is 6.09 Å². The van der Waals surface area contributed by atoms with Crippen LogP contribution in [0.2, 0.25) is 0 Å². The average molecular weight is 287 g/mol. The molecule has 0 aliphatic rings. The molecule has 0 unspecified atom stereocenters. The molecule has 1 aromatic carbocycles. The second-order valence-electron chi connectivity index (χ2n) is 5.32. The molecule has 0 spiro atoms. The largest absolute Gasteiger partial charge is 0.443 e. The molecule has 112 valence electrons. The summed E-state index contributed by atoms with van der Waals surface area (Å²) >= 11 is 0. The Labute approximate surface area is 124 Å². The minimum Gasteiger partial charge on any atom is -0.443 e. The molecular weight excluding hydrogens is 266 g/mol. The highest BCUT2D eigenvalue weighted by molar-refractivity contribution is 5.75. The van der Waals surface area contributed by atoms with Gasteiger partial charge in [0.25, 0.3) is 0 Å². The Hall–Kier alpha value is -2.30. The lowest BCUT2D eigenvalue weighted by Crippen LogP contribution is -2.25. The van der Waals surface area contributed by atoms with Crippen LogP contribution in [0.25, 0.3) is 0 Å². The SMILES string of the molecule is CC(C)CCc1nccn1NC(=O)OCc1ccccc1. The molecule has 1 amide bonds. The van der Waals surface area contributed by atoms with Crippen LogP contribution in [-0.4, -0.2) is 15.8 Å². The van der Waals surface area contributed by atoms with Gasteiger partial charge in [-0.2, -0.15) is 0 Å². The van der Waals surface area contributed by atoms with Gasteiger partial charge in [-0.25, -0.2) is 19.9 Å². The Morgan fingerprint density at radius 3 is 2.81 bits per heavy atom. The Kier molecular flexibility index (Phi) is 5.37. The smallest absolute Gasteiger partial charge is 0.426 e. The first-order chi connectivity index (χ1) is 10.1. The molecule has 5 nitrogen and oxygen atoms in total. The van der Waals surface area contributed by atoms with Crippen molar-refractivity contribution in [1.29, 1.82) is 0 Å². The van der Waals surface area contributed by atoms with Gasteiger partial charge in [-0.3, -0.25) is 0 Å². The van der Waals surface area contributed by atoms with Gasteiger partial charge in [0.2, 0.25) is 0 Å². The number of aryl methyl sites for hydroxylation is 1. The summed E-state index contributed by atoms with van der Waals surface area (Å²) in [5, 5.41) is 0. The summed E-state index contributed by atoms with van der Waals surface area (Å²) in [6, 6.07) is 9.58. The topological polar surface area (TPSA) is 56.2 Å². The molecule has 1 aromatic heterocycles. The maximum absolute atomic E-state index is 11.8. The predicted molar refractivity (Wildman–Crippen MR) is 81.4 cm³/mol. The molecule has 2 aromatic rings. The highest BCUT2D eigenvalue weighted by Gasteiger charge is 2.08. The van der Waals surface area contributed by atoms with Crippen LogP contribution in [0, 0.1) is 5.92 Å². The molecule has 0 fully saturated rings. The van der Waals surface area contributed by atoms with Crippen molar-refractivity contribution >= 4 is 6.09 Å². The number of ether oxygens (including phenoxy) is 1. The molecule has 0 atom stereocenters. The zero-order chi connectivity index (χ0) is 15.1. The van der Waals surface area contributed by atoms with Crippen LogP contribution in [0.15, 0.2) is 42.7 Å². The lowest BCUT2D eigenvalue weighted by Gasteiger charge is -2.11. The number of carbonyl (C=O) groups is 1. The van der Waals surface area contributed by atoms with Crippen molar-refractivity contribution in [2.75, 3.05) is 5.43 Å². The molecule has 0 bridgehead atoms.